The van der Waals surface area contributed by atoms with Gasteiger partial charge in [0.05, 0.1) is 12.2 Å². The number of para-hydroxylation sites is 1. The molecule has 0 atom stereocenters. The van der Waals surface area contributed by atoms with Crippen molar-refractivity contribution in [3.05, 3.63) is 53.6 Å². The van der Waals surface area contributed by atoms with E-state index in [1.807, 2.05) is 55.1 Å². The van der Waals surface area contributed by atoms with Crippen LogP contribution in [0.1, 0.15) is 11.1 Å². The number of carbonyl (C=O) groups is 2. The number of hydrogen-bond donors (Lipinski definition) is 2. The molecule has 0 aromatic heterocycles. The standard InChI is InChI=1S/C19H21N3O2S/c1-13-7-8-15(14(2)11-13)20-19(24)21-18(23)12-22-9-10-25-17-6-4-3-5-16(17)22/h3-8,11H,9-10,12H2,1-2H3,(H2,20,21,23,24). The fraction of sp³-hybridized carbons (Fsp3) is 0.263. The van der Waals surface area contributed by atoms with E-state index >= 15 is 0 Å². The van der Waals surface area contributed by atoms with Crippen molar-refractivity contribution in [1.29, 1.82) is 0 Å². The van der Waals surface area contributed by atoms with Crippen molar-refractivity contribution in [2.24, 2.45) is 0 Å². The number of anilines is 2. The van der Waals surface area contributed by atoms with Crippen molar-refractivity contribution in [2.45, 2.75) is 18.7 Å². The van der Waals surface area contributed by atoms with Crippen LogP contribution in [0.3, 0.4) is 0 Å². The third-order valence-corrected chi connectivity index (χ3v) is 5.09. The van der Waals surface area contributed by atoms with Crippen molar-refractivity contribution in [1.82, 2.24) is 5.32 Å². The molecule has 2 N–H and O–H groups in total. The van der Waals surface area contributed by atoms with Gasteiger partial charge in [0, 0.05) is 22.9 Å². The van der Waals surface area contributed by atoms with Gasteiger partial charge in [-0.25, -0.2) is 4.79 Å². The SMILES string of the molecule is Cc1ccc(NC(=O)NC(=O)CN2CCSc3ccccc32)c(C)c1. The molecule has 0 bridgehead atoms. The van der Waals surface area contributed by atoms with Crippen molar-refractivity contribution >= 4 is 35.1 Å². The van der Waals surface area contributed by atoms with Crippen LogP contribution in [-0.4, -0.2) is 30.8 Å². The van der Waals surface area contributed by atoms with Gasteiger partial charge in [0.2, 0.25) is 5.91 Å². The van der Waals surface area contributed by atoms with Gasteiger partial charge in [-0.2, -0.15) is 0 Å². The maximum atomic E-state index is 12.2. The highest BCUT2D eigenvalue weighted by molar-refractivity contribution is 7.99. The van der Waals surface area contributed by atoms with Gasteiger partial charge in [-0.3, -0.25) is 10.1 Å². The minimum atomic E-state index is -0.503. The van der Waals surface area contributed by atoms with Crippen molar-refractivity contribution in [3.63, 3.8) is 0 Å². The minimum Gasteiger partial charge on any atom is -0.360 e. The van der Waals surface area contributed by atoms with Crippen LogP contribution >= 0.6 is 11.8 Å². The van der Waals surface area contributed by atoms with Crippen LogP contribution in [0.4, 0.5) is 16.2 Å². The molecular weight excluding hydrogens is 334 g/mol. The summed E-state index contributed by atoms with van der Waals surface area (Å²) in [4.78, 5) is 27.5. The number of amides is 3. The molecule has 25 heavy (non-hydrogen) atoms. The Balaban J connectivity index is 1.59. The third-order valence-electron chi connectivity index (χ3n) is 4.04. The normalized spacial score (nSPS) is 13.1. The molecule has 0 unspecified atom stereocenters. The van der Waals surface area contributed by atoms with Gasteiger partial charge in [-0.15, -0.1) is 11.8 Å². The lowest BCUT2D eigenvalue weighted by molar-refractivity contribution is -0.118. The van der Waals surface area contributed by atoms with Crippen LogP contribution in [0, 0.1) is 13.8 Å². The van der Waals surface area contributed by atoms with E-state index in [1.165, 1.54) is 4.90 Å². The van der Waals surface area contributed by atoms with Crippen molar-refractivity contribution in [3.8, 4) is 0 Å². The Labute approximate surface area is 151 Å². The molecule has 0 aliphatic carbocycles. The number of nitrogens with zero attached hydrogens (tertiary/aromatic N) is 1. The van der Waals surface area contributed by atoms with E-state index in [4.69, 9.17) is 0 Å². The molecule has 3 amide bonds. The summed E-state index contributed by atoms with van der Waals surface area (Å²) in [6.45, 7) is 4.87. The summed E-state index contributed by atoms with van der Waals surface area (Å²) in [6, 6.07) is 13.3. The number of aryl methyl sites for hydroxylation is 2. The topological polar surface area (TPSA) is 61.4 Å². The molecule has 1 aliphatic heterocycles. The number of carbonyl (C=O) groups excluding carboxylic acids is 2. The Bertz CT molecular complexity index is 807. The highest BCUT2D eigenvalue weighted by Crippen LogP contribution is 2.33. The summed E-state index contributed by atoms with van der Waals surface area (Å²) in [7, 11) is 0. The number of rotatable bonds is 3. The van der Waals surface area contributed by atoms with E-state index in [2.05, 4.69) is 16.7 Å². The molecule has 6 heteroatoms. The second kappa shape index (κ2) is 7.61. The molecule has 1 heterocycles. The van der Waals surface area contributed by atoms with Gasteiger partial charge >= 0.3 is 6.03 Å². The maximum Gasteiger partial charge on any atom is 0.325 e. The highest BCUT2D eigenvalue weighted by Gasteiger charge is 2.20. The minimum absolute atomic E-state index is 0.165. The van der Waals surface area contributed by atoms with Crippen LogP contribution < -0.4 is 15.5 Å². The fourth-order valence-corrected chi connectivity index (χ4v) is 3.89. The number of imide groups is 1. The van der Waals surface area contributed by atoms with Crippen LogP contribution in [-0.2, 0) is 4.79 Å². The average Bonchev–Trinajstić information content (AvgIpc) is 2.57. The van der Waals surface area contributed by atoms with Crippen molar-refractivity contribution in [2.75, 3.05) is 29.1 Å². The Morgan fingerprint density at radius 1 is 1.16 bits per heavy atom. The number of benzene rings is 2. The number of thioether (sulfide) groups is 1. The second-order valence-corrected chi connectivity index (χ2v) is 7.20. The fourth-order valence-electron chi connectivity index (χ4n) is 2.84. The molecule has 3 rings (SSSR count). The predicted molar refractivity (Wildman–Crippen MR) is 102 cm³/mol. The monoisotopic (exact) mass is 355 g/mol. The van der Waals surface area contributed by atoms with Crippen LogP contribution in [0.15, 0.2) is 47.4 Å². The summed E-state index contributed by atoms with van der Waals surface area (Å²) in [5.74, 6) is 0.614. The lowest BCUT2D eigenvalue weighted by atomic mass is 10.1. The largest absolute Gasteiger partial charge is 0.360 e. The quantitative estimate of drug-likeness (QED) is 0.884. The number of hydrogen-bond acceptors (Lipinski definition) is 4. The van der Waals surface area contributed by atoms with Crippen LogP contribution in [0.25, 0.3) is 0 Å². The van der Waals surface area contributed by atoms with Gasteiger partial charge in [0.15, 0.2) is 0 Å². The van der Waals surface area contributed by atoms with Gasteiger partial charge in [-0.1, -0.05) is 29.8 Å². The molecule has 0 fully saturated rings. The van der Waals surface area contributed by atoms with E-state index < -0.39 is 6.03 Å². The molecule has 0 saturated carbocycles. The zero-order valence-corrected chi connectivity index (χ0v) is 15.2. The van der Waals surface area contributed by atoms with Crippen LogP contribution in [0.2, 0.25) is 0 Å². The first kappa shape index (κ1) is 17.4. The average molecular weight is 355 g/mol. The summed E-state index contributed by atoms with van der Waals surface area (Å²) >= 11 is 1.79. The highest BCUT2D eigenvalue weighted by atomic mass is 32.2. The van der Waals surface area contributed by atoms with Gasteiger partial charge in [-0.05, 0) is 37.6 Å². The van der Waals surface area contributed by atoms with E-state index in [0.717, 1.165) is 29.1 Å². The lowest BCUT2D eigenvalue weighted by Gasteiger charge is -2.30. The van der Waals surface area contributed by atoms with Gasteiger partial charge in [0.25, 0.3) is 0 Å². The molecule has 0 saturated heterocycles. The van der Waals surface area contributed by atoms with E-state index in [1.54, 1.807) is 11.8 Å². The smallest absolute Gasteiger partial charge is 0.325 e. The lowest BCUT2D eigenvalue weighted by Crippen LogP contribution is -2.43. The van der Waals surface area contributed by atoms with E-state index in [9.17, 15) is 9.59 Å². The Morgan fingerprint density at radius 2 is 1.96 bits per heavy atom. The first-order valence-corrected chi connectivity index (χ1v) is 9.16. The first-order chi connectivity index (χ1) is 12.0. The zero-order valence-electron chi connectivity index (χ0n) is 14.3. The predicted octanol–water partition coefficient (Wildman–Crippen LogP) is 3.56. The first-order valence-electron chi connectivity index (χ1n) is 8.18. The zero-order chi connectivity index (χ0) is 17.8. The Kier molecular flexibility index (Phi) is 5.28. The second-order valence-electron chi connectivity index (χ2n) is 6.06. The van der Waals surface area contributed by atoms with Crippen molar-refractivity contribution < 1.29 is 9.59 Å². The summed E-state index contributed by atoms with van der Waals surface area (Å²) < 4.78 is 0. The summed E-state index contributed by atoms with van der Waals surface area (Å²) in [5.41, 5.74) is 3.84. The van der Waals surface area contributed by atoms with E-state index in [-0.39, 0.29) is 12.5 Å². The number of urea groups is 1. The number of fused-ring (bicyclic) bond motifs is 1. The Morgan fingerprint density at radius 3 is 2.76 bits per heavy atom. The molecule has 0 radical (unpaired) electrons. The molecule has 130 valence electrons. The third kappa shape index (κ3) is 4.33. The number of nitrogens with one attached hydrogen (secondary N) is 2. The van der Waals surface area contributed by atoms with Gasteiger partial charge < -0.3 is 10.2 Å². The molecule has 1 aliphatic rings. The molecular formula is C19H21N3O2S. The molecule has 2 aromatic carbocycles. The van der Waals surface area contributed by atoms with E-state index in [0.29, 0.717) is 5.69 Å². The molecule has 2 aromatic rings. The van der Waals surface area contributed by atoms with Crippen LogP contribution in [0.5, 0.6) is 0 Å². The molecule has 0 spiro atoms. The maximum absolute atomic E-state index is 12.2. The van der Waals surface area contributed by atoms with Gasteiger partial charge in [0.1, 0.15) is 0 Å². The summed E-state index contributed by atoms with van der Waals surface area (Å²) in [6.07, 6.45) is 0. The summed E-state index contributed by atoms with van der Waals surface area (Å²) in [5, 5.41) is 5.14. The Hall–Kier alpha value is -2.47. The molecule has 5 nitrogen and oxygen atoms in total.